The highest BCUT2D eigenvalue weighted by Crippen LogP contribution is 2.39. The smallest absolute Gasteiger partial charge is 0.320 e. The summed E-state index contributed by atoms with van der Waals surface area (Å²) in [5, 5.41) is 10.3. The van der Waals surface area contributed by atoms with Crippen molar-refractivity contribution in [3.63, 3.8) is 0 Å². The van der Waals surface area contributed by atoms with Crippen LogP contribution in [0.25, 0.3) is 0 Å². The molecule has 1 aliphatic rings. The second-order valence-electron chi connectivity index (χ2n) is 5.69. The zero-order valence-corrected chi connectivity index (χ0v) is 15.6. The van der Waals surface area contributed by atoms with Gasteiger partial charge in [-0.05, 0) is 65.1 Å². The molecule has 2 unspecified atom stereocenters. The molecule has 1 N–H and O–H groups in total. The van der Waals surface area contributed by atoms with E-state index in [1.54, 1.807) is 11.3 Å². The number of hydrogen-bond acceptors (Lipinski definition) is 3. The molecule has 0 saturated carbocycles. The fourth-order valence-electron chi connectivity index (χ4n) is 3.20. The number of carbonyl (C=O) groups is 1. The molecule has 3 nitrogen and oxygen atoms in total. The summed E-state index contributed by atoms with van der Waals surface area (Å²) in [5.41, 5.74) is 1.04. The number of benzene rings is 1. The van der Waals surface area contributed by atoms with Gasteiger partial charge in [0, 0.05) is 9.90 Å². The van der Waals surface area contributed by atoms with Crippen molar-refractivity contribution >= 4 is 44.8 Å². The Balaban J connectivity index is 2.05. The molecule has 2 heterocycles. The normalized spacial score (nSPS) is 20.3. The van der Waals surface area contributed by atoms with E-state index in [2.05, 4.69) is 26.9 Å². The minimum atomic E-state index is -0.743. The Morgan fingerprint density at radius 3 is 2.83 bits per heavy atom. The average molecular weight is 415 g/mol. The Kier molecular flexibility index (Phi) is 5.42. The summed E-state index contributed by atoms with van der Waals surface area (Å²) >= 11 is 11.3. The summed E-state index contributed by atoms with van der Waals surface area (Å²) in [6, 6.07) is 11.3. The van der Waals surface area contributed by atoms with E-state index < -0.39 is 12.0 Å². The zero-order chi connectivity index (χ0) is 16.4. The monoisotopic (exact) mass is 413 g/mol. The highest BCUT2D eigenvalue weighted by atomic mass is 79.9. The van der Waals surface area contributed by atoms with Crippen LogP contribution in [0.2, 0.25) is 5.02 Å². The number of piperidine rings is 1. The van der Waals surface area contributed by atoms with Gasteiger partial charge in [-0.1, -0.05) is 30.2 Å². The molecule has 1 saturated heterocycles. The number of nitrogens with zero attached hydrogens (tertiary/aromatic N) is 1. The molecular formula is C17H17BrClNO2S. The fourth-order valence-corrected chi connectivity index (χ4v) is 4.97. The topological polar surface area (TPSA) is 40.5 Å². The first-order chi connectivity index (χ1) is 11.1. The Morgan fingerprint density at radius 1 is 1.35 bits per heavy atom. The predicted molar refractivity (Wildman–Crippen MR) is 97.3 cm³/mol. The minimum absolute atomic E-state index is 0.0774. The number of likely N-dealkylation sites (tertiary alicyclic amines) is 1. The lowest BCUT2D eigenvalue weighted by atomic mass is 9.95. The van der Waals surface area contributed by atoms with Gasteiger partial charge in [0.05, 0.1) is 9.83 Å². The Morgan fingerprint density at radius 2 is 2.17 bits per heavy atom. The SMILES string of the molecule is O=C(O)C1CCCCN1C(c1cccc(Cl)c1)c1ccc(Br)s1. The van der Waals surface area contributed by atoms with Gasteiger partial charge in [0.25, 0.3) is 0 Å². The van der Waals surface area contributed by atoms with Crippen LogP contribution in [0, 0.1) is 0 Å². The maximum absolute atomic E-state index is 11.7. The van der Waals surface area contributed by atoms with Crippen molar-refractivity contribution in [1.82, 2.24) is 4.90 Å². The molecular weight excluding hydrogens is 398 g/mol. The summed E-state index contributed by atoms with van der Waals surface area (Å²) in [6.45, 7) is 0.781. The van der Waals surface area contributed by atoms with E-state index in [1.807, 2.05) is 30.3 Å². The van der Waals surface area contributed by atoms with Crippen molar-refractivity contribution in [2.45, 2.75) is 31.3 Å². The van der Waals surface area contributed by atoms with Crippen molar-refractivity contribution in [3.8, 4) is 0 Å². The van der Waals surface area contributed by atoms with Crippen LogP contribution < -0.4 is 0 Å². The summed E-state index contributed by atoms with van der Waals surface area (Å²) in [7, 11) is 0. The summed E-state index contributed by atoms with van der Waals surface area (Å²) < 4.78 is 1.04. The standard InChI is InChI=1S/C17H17BrClNO2S/c18-15-8-7-14(23-15)16(11-4-3-5-12(19)10-11)20-9-2-1-6-13(20)17(21)22/h3-5,7-8,10,13,16H,1-2,6,9H2,(H,21,22). The van der Waals surface area contributed by atoms with Gasteiger partial charge in [0.1, 0.15) is 6.04 Å². The van der Waals surface area contributed by atoms with E-state index in [9.17, 15) is 9.90 Å². The molecule has 1 aromatic heterocycles. The maximum atomic E-state index is 11.7. The molecule has 23 heavy (non-hydrogen) atoms. The number of carboxylic acid groups (broad SMARTS) is 1. The van der Waals surface area contributed by atoms with Crippen molar-refractivity contribution < 1.29 is 9.90 Å². The summed E-state index contributed by atoms with van der Waals surface area (Å²) in [6.07, 6.45) is 2.68. The fraction of sp³-hybridized carbons (Fsp3) is 0.353. The minimum Gasteiger partial charge on any atom is -0.480 e. The van der Waals surface area contributed by atoms with Crippen LogP contribution in [0.15, 0.2) is 40.2 Å². The van der Waals surface area contributed by atoms with E-state index in [0.29, 0.717) is 11.4 Å². The number of aliphatic carboxylic acids is 1. The second-order valence-corrected chi connectivity index (χ2v) is 8.62. The molecule has 2 atom stereocenters. The molecule has 0 spiro atoms. The highest BCUT2D eigenvalue weighted by Gasteiger charge is 2.35. The van der Waals surface area contributed by atoms with E-state index in [4.69, 9.17) is 11.6 Å². The Hall–Kier alpha value is -0.880. The van der Waals surface area contributed by atoms with Crippen LogP contribution in [0.4, 0.5) is 0 Å². The summed E-state index contributed by atoms with van der Waals surface area (Å²) in [5.74, 6) is -0.743. The van der Waals surface area contributed by atoms with E-state index in [-0.39, 0.29) is 6.04 Å². The van der Waals surface area contributed by atoms with Crippen molar-refractivity contribution in [2.75, 3.05) is 6.54 Å². The third-order valence-corrected chi connectivity index (χ3v) is 6.10. The van der Waals surface area contributed by atoms with Gasteiger partial charge in [0.2, 0.25) is 0 Å². The van der Waals surface area contributed by atoms with Gasteiger partial charge in [-0.2, -0.15) is 0 Å². The van der Waals surface area contributed by atoms with Crippen molar-refractivity contribution in [1.29, 1.82) is 0 Å². The van der Waals surface area contributed by atoms with Crippen molar-refractivity contribution in [3.05, 3.63) is 55.6 Å². The van der Waals surface area contributed by atoms with Gasteiger partial charge in [-0.15, -0.1) is 11.3 Å². The third-order valence-electron chi connectivity index (χ3n) is 4.19. The molecule has 0 bridgehead atoms. The molecule has 2 aromatic rings. The largest absolute Gasteiger partial charge is 0.480 e. The predicted octanol–water partition coefficient (Wildman–Crippen LogP) is 5.19. The number of carboxylic acids is 1. The van der Waals surface area contributed by atoms with Crippen LogP contribution in [-0.2, 0) is 4.79 Å². The second kappa shape index (κ2) is 7.34. The quantitative estimate of drug-likeness (QED) is 0.748. The Bertz CT molecular complexity index is 705. The molecule has 0 amide bonds. The Labute approximate surface area is 153 Å². The van der Waals surface area contributed by atoms with Crippen LogP contribution in [0.3, 0.4) is 0 Å². The molecule has 1 aromatic carbocycles. The molecule has 3 rings (SSSR count). The zero-order valence-electron chi connectivity index (χ0n) is 12.4. The molecule has 1 fully saturated rings. The van der Waals surface area contributed by atoms with E-state index in [0.717, 1.165) is 33.6 Å². The molecule has 0 aliphatic carbocycles. The van der Waals surface area contributed by atoms with Gasteiger partial charge in [0.15, 0.2) is 0 Å². The highest BCUT2D eigenvalue weighted by molar-refractivity contribution is 9.11. The maximum Gasteiger partial charge on any atom is 0.320 e. The summed E-state index contributed by atoms with van der Waals surface area (Å²) in [4.78, 5) is 15.0. The first-order valence-electron chi connectivity index (χ1n) is 7.55. The first-order valence-corrected chi connectivity index (χ1v) is 9.54. The van der Waals surface area contributed by atoms with Gasteiger partial charge in [-0.25, -0.2) is 0 Å². The molecule has 1 aliphatic heterocycles. The number of thiophene rings is 1. The third kappa shape index (κ3) is 3.79. The number of hydrogen-bond donors (Lipinski definition) is 1. The van der Waals surface area contributed by atoms with Crippen molar-refractivity contribution in [2.24, 2.45) is 0 Å². The first kappa shape index (κ1) is 17.0. The van der Waals surface area contributed by atoms with Crippen LogP contribution in [-0.4, -0.2) is 28.6 Å². The lowest BCUT2D eigenvalue weighted by molar-refractivity contribution is -0.145. The number of halogens is 2. The van der Waals surface area contributed by atoms with Crippen LogP contribution in [0.5, 0.6) is 0 Å². The average Bonchev–Trinajstić information content (AvgIpc) is 2.94. The molecule has 122 valence electrons. The van der Waals surface area contributed by atoms with Gasteiger partial charge >= 0.3 is 5.97 Å². The van der Waals surface area contributed by atoms with E-state index in [1.165, 1.54) is 0 Å². The molecule has 6 heteroatoms. The van der Waals surface area contributed by atoms with Crippen LogP contribution >= 0.6 is 38.9 Å². The molecule has 0 radical (unpaired) electrons. The number of rotatable bonds is 4. The van der Waals surface area contributed by atoms with E-state index >= 15 is 0 Å². The lowest BCUT2D eigenvalue weighted by Crippen LogP contribution is -2.46. The van der Waals surface area contributed by atoms with Gasteiger partial charge < -0.3 is 5.11 Å². The van der Waals surface area contributed by atoms with Crippen LogP contribution in [0.1, 0.15) is 35.7 Å². The lowest BCUT2D eigenvalue weighted by Gasteiger charge is -2.39. The van der Waals surface area contributed by atoms with Gasteiger partial charge in [-0.3, -0.25) is 9.69 Å².